The van der Waals surface area contributed by atoms with E-state index in [-0.39, 0.29) is 41.6 Å². The maximum Gasteiger partial charge on any atom is 0.204 e. The Kier molecular flexibility index (Phi) is 7.33. The summed E-state index contributed by atoms with van der Waals surface area (Å²) < 4.78 is 0. The van der Waals surface area contributed by atoms with Crippen LogP contribution in [-0.4, -0.2) is 55.6 Å². The van der Waals surface area contributed by atoms with E-state index in [0.29, 0.717) is 18.8 Å². The van der Waals surface area contributed by atoms with Crippen molar-refractivity contribution in [3.8, 4) is 0 Å². The van der Waals surface area contributed by atoms with Crippen molar-refractivity contribution in [2.45, 2.75) is 89.9 Å². The minimum atomic E-state index is -2.30. The normalized spacial score (nSPS) is 42.9. The van der Waals surface area contributed by atoms with Crippen LogP contribution in [0.4, 0.5) is 0 Å². The predicted octanol–water partition coefficient (Wildman–Crippen LogP) is 3.62. The molecule has 7 nitrogen and oxygen atoms in total. The summed E-state index contributed by atoms with van der Waals surface area (Å²) in [6.45, 7) is 5.41. The average molecular weight is 527 g/mol. The van der Waals surface area contributed by atoms with E-state index in [1.807, 2.05) is 0 Å². The molecule has 0 radical (unpaired) electrons. The Morgan fingerprint density at radius 1 is 1.13 bits per heavy atom. The van der Waals surface area contributed by atoms with E-state index in [0.717, 1.165) is 44.6 Å². The molecule has 7 unspecified atom stereocenters. The predicted molar refractivity (Wildman–Crippen MR) is 141 cm³/mol. The number of carbonyl (C=O) groups excluding carboxylic acids is 3. The van der Waals surface area contributed by atoms with Gasteiger partial charge in [0.1, 0.15) is 23.2 Å². The summed E-state index contributed by atoms with van der Waals surface area (Å²) in [5, 5.41) is 45.0. The Hall–Kier alpha value is -2.09. The van der Waals surface area contributed by atoms with Crippen molar-refractivity contribution in [3.63, 3.8) is 0 Å². The molecular formula is C31H42O7. The highest BCUT2D eigenvalue weighted by molar-refractivity contribution is 6.23. The summed E-state index contributed by atoms with van der Waals surface area (Å²) in [7, 11) is 0. The first-order valence-corrected chi connectivity index (χ1v) is 14.4. The minimum Gasteiger partial charge on any atom is -0.511 e. The van der Waals surface area contributed by atoms with Gasteiger partial charge in [-0.2, -0.15) is 0 Å². The molecule has 0 bridgehead atoms. The molecule has 2 saturated carbocycles. The topological polar surface area (TPSA) is 132 Å². The molecule has 0 saturated heterocycles. The molecule has 0 aliphatic heterocycles. The fourth-order valence-electron chi connectivity index (χ4n) is 8.51. The van der Waals surface area contributed by atoms with Crippen molar-refractivity contribution in [1.82, 2.24) is 0 Å². The summed E-state index contributed by atoms with van der Waals surface area (Å²) in [5.74, 6) is -4.20. The van der Waals surface area contributed by atoms with E-state index in [9.17, 15) is 34.8 Å². The number of fused-ring (bicyclic) bond motifs is 3. The number of hydrogen-bond acceptors (Lipinski definition) is 7. The van der Waals surface area contributed by atoms with E-state index < -0.39 is 52.7 Å². The van der Waals surface area contributed by atoms with Crippen LogP contribution in [0.1, 0.15) is 72.1 Å². The number of carbonyl (C=O) groups is 3. The fraction of sp³-hybridized carbons (Fsp3) is 0.710. The Morgan fingerprint density at radius 2 is 1.87 bits per heavy atom. The van der Waals surface area contributed by atoms with Gasteiger partial charge in [0.25, 0.3) is 0 Å². The third-order valence-corrected chi connectivity index (χ3v) is 10.5. The molecule has 0 aromatic rings. The number of allylic oxidation sites excluding steroid dienone is 4. The summed E-state index contributed by atoms with van der Waals surface area (Å²) in [4.78, 5) is 39.5. The van der Waals surface area contributed by atoms with Gasteiger partial charge in [-0.1, -0.05) is 32.1 Å². The highest BCUT2D eigenvalue weighted by atomic mass is 16.4. The molecular weight excluding hydrogens is 484 g/mol. The zero-order chi connectivity index (χ0) is 27.5. The second-order valence-corrected chi connectivity index (χ2v) is 12.9. The third-order valence-electron chi connectivity index (χ3n) is 10.5. The fourth-order valence-corrected chi connectivity index (χ4v) is 8.51. The van der Waals surface area contributed by atoms with Crippen molar-refractivity contribution >= 4 is 17.3 Å². The van der Waals surface area contributed by atoms with Crippen LogP contribution in [0.5, 0.6) is 0 Å². The summed E-state index contributed by atoms with van der Waals surface area (Å²) in [6.07, 6.45) is 9.74. The van der Waals surface area contributed by atoms with Gasteiger partial charge in [-0.3, -0.25) is 14.4 Å². The lowest BCUT2D eigenvalue weighted by Gasteiger charge is -2.56. The molecule has 0 heterocycles. The van der Waals surface area contributed by atoms with Gasteiger partial charge in [-0.25, -0.2) is 0 Å². The van der Waals surface area contributed by atoms with Crippen molar-refractivity contribution < 1.29 is 34.8 Å². The van der Waals surface area contributed by atoms with Gasteiger partial charge in [-0.15, -0.1) is 0 Å². The second-order valence-electron chi connectivity index (χ2n) is 12.9. The molecule has 4 N–H and O–H groups in total. The standard InChI is InChI=1S/C31H42O7/c1-15(2)21-12-18(10-9-17-7-5-4-6-8-17)27(34)26-22(21)13-19-11-20-14-23(33)24(16(3)32)29(36)31(20,38)30(37)25(19)28(26)35/h4-5,12,15,17,19-22,25-27,30,33-34,37-38H,6-11,13-14H2,1-3H3/t17?,19-,20+,21?,22?,25?,26?,27?,30?,31-/m1/s1. The minimum absolute atomic E-state index is 0.0869. The highest BCUT2D eigenvalue weighted by Gasteiger charge is 2.65. The van der Waals surface area contributed by atoms with Gasteiger partial charge in [0, 0.05) is 12.3 Å². The molecule has 5 aliphatic carbocycles. The molecule has 0 spiro atoms. The Labute approximate surface area is 224 Å². The smallest absolute Gasteiger partial charge is 0.204 e. The van der Waals surface area contributed by atoms with E-state index in [1.165, 1.54) is 0 Å². The van der Waals surface area contributed by atoms with Gasteiger partial charge < -0.3 is 20.4 Å². The van der Waals surface area contributed by atoms with Crippen LogP contribution in [-0.2, 0) is 14.4 Å². The van der Waals surface area contributed by atoms with Crippen molar-refractivity contribution in [3.05, 3.63) is 35.1 Å². The van der Waals surface area contributed by atoms with Crippen LogP contribution in [0.3, 0.4) is 0 Å². The SMILES string of the molecule is CC(=O)C1=C(O)C[C@@H]2C[C@@H]3CC4C(C(C)C)C=C(CCC5CC=CCC5)C(O)C4C(=O)C3C(O)[C@]2(O)C1=O. The zero-order valence-electron chi connectivity index (χ0n) is 22.7. The Morgan fingerprint density at radius 3 is 2.50 bits per heavy atom. The van der Waals surface area contributed by atoms with Gasteiger partial charge in [0.2, 0.25) is 5.78 Å². The average Bonchev–Trinajstić information content (AvgIpc) is 2.86. The van der Waals surface area contributed by atoms with Crippen molar-refractivity contribution in [2.75, 3.05) is 0 Å². The maximum absolute atomic E-state index is 14.1. The van der Waals surface area contributed by atoms with Gasteiger partial charge in [0.15, 0.2) is 11.4 Å². The van der Waals surface area contributed by atoms with Gasteiger partial charge in [-0.05, 0) is 87.0 Å². The third kappa shape index (κ3) is 4.25. The molecule has 2 fully saturated rings. The number of rotatable bonds is 5. The molecule has 0 aromatic carbocycles. The van der Waals surface area contributed by atoms with Gasteiger partial charge >= 0.3 is 0 Å². The molecule has 0 amide bonds. The second kappa shape index (κ2) is 10.1. The van der Waals surface area contributed by atoms with Crippen molar-refractivity contribution in [1.29, 1.82) is 0 Å². The number of ketones is 3. The number of Topliss-reactive ketones (excluding diaryl/α,β-unsaturated/α-hetero) is 3. The van der Waals surface area contributed by atoms with Crippen LogP contribution in [0, 0.1) is 47.3 Å². The molecule has 5 aliphatic rings. The molecule has 208 valence electrons. The summed E-state index contributed by atoms with van der Waals surface area (Å²) in [5.41, 5.74) is -1.89. The van der Waals surface area contributed by atoms with Crippen LogP contribution in [0.2, 0.25) is 0 Å². The number of hydrogen-bond donors (Lipinski definition) is 4. The van der Waals surface area contributed by atoms with Crippen LogP contribution in [0.25, 0.3) is 0 Å². The number of aliphatic hydroxyl groups is 4. The lowest BCUT2D eigenvalue weighted by atomic mass is 9.49. The van der Waals surface area contributed by atoms with Crippen LogP contribution >= 0.6 is 0 Å². The zero-order valence-corrected chi connectivity index (χ0v) is 22.7. The highest BCUT2D eigenvalue weighted by Crippen LogP contribution is 2.56. The van der Waals surface area contributed by atoms with E-state index >= 15 is 0 Å². The first-order valence-electron chi connectivity index (χ1n) is 14.4. The summed E-state index contributed by atoms with van der Waals surface area (Å²) >= 11 is 0. The van der Waals surface area contributed by atoms with Crippen LogP contribution < -0.4 is 0 Å². The van der Waals surface area contributed by atoms with Crippen molar-refractivity contribution in [2.24, 2.45) is 47.3 Å². The molecule has 0 aromatic heterocycles. The number of aliphatic hydroxyl groups excluding tert-OH is 3. The van der Waals surface area contributed by atoms with E-state index in [1.54, 1.807) is 0 Å². The van der Waals surface area contributed by atoms with Gasteiger partial charge in [0.05, 0.1) is 17.9 Å². The van der Waals surface area contributed by atoms with E-state index in [4.69, 9.17) is 0 Å². The lowest BCUT2D eigenvalue weighted by molar-refractivity contribution is -0.199. The maximum atomic E-state index is 14.1. The first-order chi connectivity index (χ1) is 18.0. The van der Waals surface area contributed by atoms with Crippen LogP contribution in [0.15, 0.2) is 35.1 Å². The molecule has 7 heteroatoms. The summed E-state index contributed by atoms with van der Waals surface area (Å²) in [6, 6.07) is 0. The first kappa shape index (κ1) is 27.5. The molecule has 10 atom stereocenters. The molecule has 5 rings (SSSR count). The Balaban J connectivity index is 1.45. The van der Waals surface area contributed by atoms with E-state index in [2.05, 4.69) is 32.1 Å². The quantitative estimate of drug-likeness (QED) is 0.318. The Bertz CT molecular complexity index is 1100. The molecule has 38 heavy (non-hydrogen) atoms. The monoisotopic (exact) mass is 526 g/mol. The largest absolute Gasteiger partial charge is 0.511 e. The lowest BCUT2D eigenvalue weighted by Crippen LogP contribution is -2.68.